The highest BCUT2D eigenvalue weighted by Gasteiger charge is 2.23. The van der Waals surface area contributed by atoms with Gasteiger partial charge in [0.05, 0.1) is 17.6 Å². The molecule has 3 heterocycles. The average molecular weight is 489 g/mol. The lowest BCUT2D eigenvalue weighted by atomic mass is 10.1. The highest BCUT2D eigenvalue weighted by atomic mass is 32.1. The van der Waals surface area contributed by atoms with Gasteiger partial charge in [-0.1, -0.05) is 6.07 Å². The topological polar surface area (TPSA) is 85.9 Å². The molecule has 10 heteroatoms. The predicted molar refractivity (Wildman–Crippen MR) is 133 cm³/mol. The fourth-order valence-electron chi connectivity index (χ4n) is 3.96. The Morgan fingerprint density at radius 1 is 1.11 bits per heavy atom. The van der Waals surface area contributed by atoms with Gasteiger partial charge in [0.2, 0.25) is 0 Å². The van der Waals surface area contributed by atoms with Crippen LogP contribution in [-0.4, -0.2) is 30.2 Å². The molecule has 0 saturated heterocycles. The summed E-state index contributed by atoms with van der Waals surface area (Å²) in [5, 5.41) is 6.69. The van der Waals surface area contributed by atoms with E-state index in [4.69, 9.17) is 0 Å². The number of benzene rings is 2. The maximum atomic E-state index is 13.7. The van der Waals surface area contributed by atoms with E-state index in [9.17, 15) is 14.0 Å². The Balaban J connectivity index is 1.55. The SMILES string of the molecule is Cc1cc(C)cc(N(C(=O)Cn2cnc3c(cnn3C)c2=O)c2nc(-c3ccc(F)cc3)cs2)c1. The Kier molecular flexibility index (Phi) is 5.73. The third-order valence-electron chi connectivity index (χ3n) is 5.56. The van der Waals surface area contributed by atoms with E-state index >= 15 is 0 Å². The van der Waals surface area contributed by atoms with Crippen LogP contribution in [0.2, 0.25) is 0 Å². The molecule has 5 rings (SSSR count). The number of nitrogens with zero attached hydrogens (tertiary/aromatic N) is 6. The van der Waals surface area contributed by atoms with Gasteiger partial charge in [-0.15, -0.1) is 11.3 Å². The summed E-state index contributed by atoms with van der Waals surface area (Å²) >= 11 is 1.30. The number of rotatable bonds is 5. The molecule has 0 saturated carbocycles. The Morgan fingerprint density at radius 3 is 2.54 bits per heavy atom. The molecule has 0 unspecified atom stereocenters. The molecule has 0 spiro atoms. The summed E-state index contributed by atoms with van der Waals surface area (Å²) in [6, 6.07) is 11.8. The Bertz CT molecular complexity index is 1600. The number of thiazole rings is 1. The second-order valence-corrected chi connectivity index (χ2v) is 9.12. The van der Waals surface area contributed by atoms with Crippen LogP contribution in [0.5, 0.6) is 0 Å². The van der Waals surface area contributed by atoms with E-state index in [0.29, 0.717) is 27.5 Å². The molecule has 8 nitrogen and oxygen atoms in total. The van der Waals surface area contributed by atoms with Crippen molar-refractivity contribution in [1.29, 1.82) is 0 Å². The molecular weight excluding hydrogens is 467 g/mol. The van der Waals surface area contributed by atoms with Gasteiger partial charge >= 0.3 is 0 Å². The lowest BCUT2D eigenvalue weighted by Crippen LogP contribution is -2.33. The third kappa shape index (κ3) is 4.35. The molecule has 0 atom stereocenters. The largest absolute Gasteiger partial charge is 0.289 e. The zero-order valence-electron chi connectivity index (χ0n) is 19.3. The van der Waals surface area contributed by atoms with E-state index in [1.54, 1.807) is 19.2 Å². The highest BCUT2D eigenvalue weighted by molar-refractivity contribution is 7.14. The van der Waals surface area contributed by atoms with Gasteiger partial charge in [0, 0.05) is 18.0 Å². The maximum Gasteiger partial charge on any atom is 0.264 e. The van der Waals surface area contributed by atoms with E-state index in [2.05, 4.69) is 15.1 Å². The number of aromatic nitrogens is 5. The van der Waals surface area contributed by atoms with Crippen molar-refractivity contribution < 1.29 is 9.18 Å². The summed E-state index contributed by atoms with van der Waals surface area (Å²) < 4.78 is 16.2. The minimum atomic E-state index is -0.345. The monoisotopic (exact) mass is 488 g/mol. The van der Waals surface area contributed by atoms with Crippen molar-refractivity contribution in [3.8, 4) is 11.3 Å². The van der Waals surface area contributed by atoms with Crippen molar-refractivity contribution in [2.24, 2.45) is 7.05 Å². The lowest BCUT2D eigenvalue weighted by Gasteiger charge is -2.21. The number of carbonyl (C=O) groups is 1. The number of fused-ring (bicyclic) bond motifs is 1. The van der Waals surface area contributed by atoms with Crippen LogP contribution in [0.4, 0.5) is 15.2 Å². The normalized spacial score (nSPS) is 11.2. The molecule has 2 aromatic carbocycles. The van der Waals surface area contributed by atoms with Crippen molar-refractivity contribution in [2.45, 2.75) is 20.4 Å². The van der Waals surface area contributed by atoms with Gasteiger partial charge in [0.1, 0.15) is 24.1 Å². The van der Waals surface area contributed by atoms with Crippen molar-refractivity contribution >= 4 is 39.1 Å². The number of aryl methyl sites for hydroxylation is 3. The average Bonchev–Trinajstić information content (AvgIpc) is 3.43. The standard InChI is InChI=1S/C25H21FN6O2S/c1-15-8-16(2)10-19(9-15)32(25-29-21(13-35-25)17-4-6-18(26)7-5-17)22(33)12-31-14-27-23-20(24(31)34)11-28-30(23)3/h4-11,13-14H,12H2,1-3H3. The van der Waals surface area contributed by atoms with E-state index in [0.717, 1.165) is 16.7 Å². The molecule has 0 bridgehead atoms. The summed E-state index contributed by atoms with van der Waals surface area (Å²) in [7, 11) is 1.70. The molecule has 176 valence electrons. The minimum absolute atomic E-state index is 0.227. The third-order valence-corrected chi connectivity index (χ3v) is 6.39. The number of carbonyl (C=O) groups excluding carboxylic acids is 1. The summed E-state index contributed by atoms with van der Waals surface area (Å²) in [6.45, 7) is 3.68. The van der Waals surface area contributed by atoms with Gasteiger partial charge < -0.3 is 0 Å². The Morgan fingerprint density at radius 2 is 1.83 bits per heavy atom. The van der Waals surface area contributed by atoms with E-state index in [1.165, 1.54) is 50.1 Å². The van der Waals surface area contributed by atoms with E-state index in [1.807, 2.05) is 37.4 Å². The molecule has 0 N–H and O–H groups in total. The highest BCUT2D eigenvalue weighted by Crippen LogP contribution is 2.33. The molecule has 0 aliphatic rings. The molecular formula is C25H21FN6O2S. The van der Waals surface area contributed by atoms with Crippen LogP contribution in [0, 0.1) is 19.7 Å². The molecule has 0 fully saturated rings. The van der Waals surface area contributed by atoms with Gasteiger partial charge in [-0.05, 0) is 61.4 Å². The lowest BCUT2D eigenvalue weighted by molar-refractivity contribution is -0.118. The molecule has 5 aromatic rings. The van der Waals surface area contributed by atoms with Crippen molar-refractivity contribution in [3.05, 3.63) is 87.7 Å². The number of hydrogen-bond donors (Lipinski definition) is 0. The maximum absolute atomic E-state index is 13.7. The second-order valence-electron chi connectivity index (χ2n) is 8.28. The molecule has 3 aromatic heterocycles. The van der Waals surface area contributed by atoms with Gasteiger partial charge in [0.25, 0.3) is 11.5 Å². The first-order valence-corrected chi connectivity index (χ1v) is 11.7. The number of anilines is 2. The smallest absolute Gasteiger partial charge is 0.264 e. The summed E-state index contributed by atoms with van der Waals surface area (Å²) in [5.74, 6) is -0.678. The fourth-order valence-corrected chi connectivity index (χ4v) is 4.83. The van der Waals surface area contributed by atoms with Crippen molar-refractivity contribution in [3.63, 3.8) is 0 Å². The first-order valence-electron chi connectivity index (χ1n) is 10.8. The minimum Gasteiger partial charge on any atom is -0.289 e. The zero-order chi connectivity index (χ0) is 24.7. The number of hydrogen-bond acceptors (Lipinski definition) is 6. The van der Waals surface area contributed by atoms with Crippen LogP contribution < -0.4 is 10.5 Å². The summed E-state index contributed by atoms with van der Waals surface area (Å²) in [4.78, 5) is 37.1. The predicted octanol–water partition coefficient (Wildman–Crippen LogP) is 4.37. The fraction of sp³-hybridized carbons (Fsp3) is 0.160. The first-order chi connectivity index (χ1) is 16.8. The molecule has 1 amide bonds. The van der Waals surface area contributed by atoms with E-state index < -0.39 is 0 Å². The van der Waals surface area contributed by atoms with Gasteiger partial charge in [-0.3, -0.25) is 23.7 Å². The van der Waals surface area contributed by atoms with Crippen LogP contribution in [0.25, 0.3) is 22.3 Å². The van der Waals surface area contributed by atoms with Crippen LogP contribution in [-0.2, 0) is 18.4 Å². The van der Waals surface area contributed by atoms with Gasteiger partial charge in [-0.2, -0.15) is 5.10 Å². The number of amides is 1. The van der Waals surface area contributed by atoms with Crippen molar-refractivity contribution in [2.75, 3.05) is 4.90 Å². The van der Waals surface area contributed by atoms with Crippen LogP contribution >= 0.6 is 11.3 Å². The van der Waals surface area contributed by atoms with Crippen LogP contribution in [0.1, 0.15) is 11.1 Å². The van der Waals surface area contributed by atoms with E-state index in [-0.39, 0.29) is 23.8 Å². The van der Waals surface area contributed by atoms with Crippen LogP contribution in [0.3, 0.4) is 0 Å². The molecule has 0 radical (unpaired) electrons. The van der Waals surface area contributed by atoms with Gasteiger partial charge in [0.15, 0.2) is 10.8 Å². The van der Waals surface area contributed by atoms with Crippen molar-refractivity contribution in [1.82, 2.24) is 24.3 Å². The Labute approximate surface area is 203 Å². The number of halogens is 1. The molecule has 35 heavy (non-hydrogen) atoms. The second kappa shape index (κ2) is 8.88. The quantitative estimate of drug-likeness (QED) is 0.367. The van der Waals surface area contributed by atoms with Crippen LogP contribution in [0.15, 0.2) is 65.2 Å². The summed E-state index contributed by atoms with van der Waals surface area (Å²) in [6.07, 6.45) is 2.80. The molecule has 0 aliphatic carbocycles. The zero-order valence-corrected chi connectivity index (χ0v) is 20.1. The first kappa shape index (κ1) is 22.6. The molecule has 0 aliphatic heterocycles. The van der Waals surface area contributed by atoms with Gasteiger partial charge in [-0.25, -0.2) is 14.4 Å². The summed E-state index contributed by atoms with van der Waals surface area (Å²) in [5.41, 5.74) is 4.10. The Hall–Kier alpha value is -4.18.